The molecule has 2 atom stereocenters. The molecule has 1 fully saturated rings. The summed E-state index contributed by atoms with van der Waals surface area (Å²) in [5.74, 6) is 0.774. The molecular weight excluding hydrogens is 230 g/mol. The van der Waals surface area contributed by atoms with Gasteiger partial charge in [-0.05, 0) is 31.9 Å². The molecule has 1 amide bonds. The summed E-state index contributed by atoms with van der Waals surface area (Å²) in [6.07, 6.45) is 4.27. The number of rotatable bonds is 4. The molecule has 2 heterocycles. The molecule has 98 valence electrons. The van der Waals surface area contributed by atoms with E-state index in [9.17, 15) is 4.79 Å². The highest BCUT2D eigenvalue weighted by atomic mass is 16.2. The van der Waals surface area contributed by atoms with Crippen LogP contribution in [0.5, 0.6) is 0 Å². The second kappa shape index (κ2) is 5.88. The van der Waals surface area contributed by atoms with E-state index in [0.29, 0.717) is 31.0 Å². The van der Waals surface area contributed by atoms with Crippen LogP contribution < -0.4 is 11.1 Å². The lowest BCUT2D eigenvalue weighted by molar-refractivity contribution is -0.117. The lowest BCUT2D eigenvalue weighted by Gasteiger charge is -2.19. The van der Waals surface area contributed by atoms with Gasteiger partial charge in [0.25, 0.3) is 0 Å². The molecule has 2 rings (SSSR count). The molecule has 1 saturated heterocycles. The Hall–Kier alpha value is -1.53. The van der Waals surface area contributed by atoms with Crippen LogP contribution >= 0.6 is 0 Å². The Morgan fingerprint density at radius 1 is 1.56 bits per heavy atom. The van der Waals surface area contributed by atoms with Gasteiger partial charge in [0.15, 0.2) is 0 Å². The van der Waals surface area contributed by atoms with Gasteiger partial charge in [0.2, 0.25) is 11.9 Å². The summed E-state index contributed by atoms with van der Waals surface area (Å²) in [7, 11) is 0. The van der Waals surface area contributed by atoms with Crippen molar-refractivity contribution in [1.29, 1.82) is 0 Å². The van der Waals surface area contributed by atoms with E-state index < -0.39 is 0 Å². The predicted molar refractivity (Wildman–Crippen MR) is 68.9 cm³/mol. The highest BCUT2D eigenvalue weighted by Crippen LogP contribution is 2.21. The third-order valence-electron chi connectivity index (χ3n) is 3.29. The number of hydrogen-bond acceptors (Lipinski definition) is 5. The molecule has 1 aliphatic rings. The van der Waals surface area contributed by atoms with Crippen LogP contribution in [0.2, 0.25) is 0 Å². The van der Waals surface area contributed by atoms with Crippen molar-refractivity contribution in [1.82, 2.24) is 14.9 Å². The first kappa shape index (κ1) is 12.9. The van der Waals surface area contributed by atoms with Gasteiger partial charge in [0.05, 0.1) is 6.54 Å². The fourth-order valence-electron chi connectivity index (χ4n) is 2.32. The molecule has 1 aromatic rings. The van der Waals surface area contributed by atoms with Crippen molar-refractivity contribution in [3.8, 4) is 0 Å². The number of carbonyl (C=O) groups is 1. The van der Waals surface area contributed by atoms with Crippen LogP contribution in [0.15, 0.2) is 18.5 Å². The van der Waals surface area contributed by atoms with E-state index in [4.69, 9.17) is 5.73 Å². The smallest absolute Gasteiger partial charge is 0.240 e. The second-order valence-corrected chi connectivity index (χ2v) is 4.74. The van der Waals surface area contributed by atoms with Crippen LogP contribution in [0.25, 0.3) is 0 Å². The van der Waals surface area contributed by atoms with Gasteiger partial charge in [-0.15, -0.1) is 0 Å². The van der Waals surface area contributed by atoms with Gasteiger partial charge in [-0.25, -0.2) is 9.97 Å². The number of aromatic nitrogens is 2. The van der Waals surface area contributed by atoms with E-state index in [1.54, 1.807) is 18.5 Å². The molecule has 6 nitrogen and oxygen atoms in total. The zero-order valence-corrected chi connectivity index (χ0v) is 10.5. The van der Waals surface area contributed by atoms with Gasteiger partial charge in [0.1, 0.15) is 0 Å². The molecule has 6 heteroatoms. The minimum Gasteiger partial charge on any atom is -0.330 e. The summed E-state index contributed by atoms with van der Waals surface area (Å²) in [5.41, 5.74) is 5.67. The number of anilines is 1. The number of nitrogens with two attached hydrogens (primary N) is 1. The minimum atomic E-state index is -0.0780. The fourth-order valence-corrected chi connectivity index (χ4v) is 2.32. The molecule has 0 saturated carbocycles. The highest BCUT2D eigenvalue weighted by Gasteiger charge is 2.29. The summed E-state index contributed by atoms with van der Waals surface area (Å²) in [5, 5.41) is 2.69. The fraction of sp³-hybridized carbons (Fsp3) is 0.583. The molecule has 2 unspecified atom stereocenters. The Morgan fingerprint density at radius 2 is 2.28 bits per heavy atom. The lowest BCUT2D eigenvalue weighted by Crippen LogP contribution is -2.36. The average Bonchev–Trinajstić information content (AvgIpc) is 2.71. The number of amides is 1. The molecule has 3 N–H and O–H groups in total. The number of hydrogen-bond donors (Lipinski definition) is 2. The number of nitrogens with one attached hydrogen (secondary N) is 1. The quantitative estimate of drug-likeness (QED) is 0.789. The minimum absolute atomic E-state index is 0.0780. The molecule has 1 aromatic heterocycles. The molecule has 1 aliphatic heterocycles. The monoisotopic (exact) mass is 249 g/mol. The van der Waals surface area contributed by atoms with Gasteiger partial charge in [0, 0.05) is 25.0 Å². The molecule has 0 aliphatic carbocycles. The van der Waals surface area contributed by atoms with Gasteiger partial charge < -0.3 is 5.73 Å². The molecule has 0 spiro atoms. The van der Waals surface area contributed by atoms with E-state index in [1.807, 2.05) is 0 Å². The third kappa shape index (κ3) is 3.24. The first-order valence-electron chi connectivity index (χ1n) is 6.20. The Kier molecular flexibility index (Phi) is 4.22. The van der Waals surface area contributed by atoms with Crippen molar-refractivity contribution >= 4 is 11.9 Å². The summed E-state index contributed by atoms with van der Waals surface area (Å²) >= 11 is 0. The van der Waals surface area contributed by atoms with Crippen LogP contribution in [0.3, 0.4) is 0 Å². The van der Waals surface area contributed by atoms with E-state index >= 15 is 0 Å². The number of likely N-dealkylation sites (tertiary alicyclic amines) is 1. The first-order chi connectivity index (χ1) is 8.69. The molecule has 18 heavy (non-hydrogen) atoms. The second-order valence-electron chi connectivity index (χ2n) is 4.74. The summed E-state index contributed by atoms with van der Waals surface area (Å²) < 4.78 is 0. The standard InChI is InChI=1S/C12H19N5O/c1-9-5-10(6-13)7-17(9)8-11(18)16-12-14-3-2-4-15-12/h2-4,9-10H,5-8,13H2,1H3,(H,14,15,16,18). The zero-order chi connectivity index (χ0) is 13.0. The largest absolute Gasteiger partial charge is 0.330 e. The van der Waals surface area contributed by atoms with E-state index in [1.165, 1.54) is 0 Å². The maximum Gasteiger partial charge on any atom is 0.240 e. The van der Waals surface area contributed by atoms with Gasteiger partial charge in [-0.1, -0.05) is 0 Å². The number of carbonyl (C=O) groups excluding carboxylic acids is 1. The van der Waals surface area contributed by atoms with Crippen molar-refractivity contribution in [3.63, 3.8) is 0 Å². The SMILES string of the molecule is CC1CC(CN)CN1CC(=O)Nc1ncccn1. The summed E-state index contributed by atoms with van der Waals surface area (Å²) in [6.45, 7) is 4.07. The van der Waals surface area contributed by atoms with Crippen LogP contribution in [0, 0.1) is 5.92 Å². The van der Waals surface area contributed by atoms with Crippen molar-refractivity contribution < 1.29 is 4.79 Å². The lowest BCUT2D eigenvalue weighted by atomic mass is 10.1. The predicted octanol–water partition coefficient (Wildman–Crippen LogP) is 0.0842. The van der Waals surface area contributed by atoms with E-state index in [0.717, 1.165) is 13.0 Å². The van der Waals surface area contributed by atoms with E-state index in [2.05, 4.69) is 27.1 Å². The van der Waals surface area contributed by atoms with Crippen molar-refractivity contribution in [2.75, 3.05) is 25.0 Å². The Labute approximate surface area is 107 Å². The Bertz CT molecular complexity index is 397. The Balaban J connectivity index is 1.85. The van der Waals surface area contributed by atoms with Crippen molar-refractivity contribution in [3.05, 3.63) is 18.5 Å². The summed E-state index contributed by atoms with van der Waals surface area (Å²) in [6, 6.07) is 2.12. The van der Waals surface area contributed by atoms with E-state index in [-0.39, 0.29) is 5.91 Å². The molecular formula is C12H19N5O. The third-order valence-corrected chi connectivity index (χ3v) is 3.29. The van der Waals surface area contributed by atoms with Gasteiger partial charge in [-0.2, -0.15) is 0 Å². The van der Waals surface area contributed by atoms with Crippen LogP contribution in [0.4, 0.5) is 5.95 Å². The van der Waals surface area contributed by atoms with Crippen LogP contribution in [0.1, 0.15) is 13.3 Å². The Morgan fingerprint density at radius 3 is 2.89 bits per heavy atom. The summed E-state index contributed by atoms with van der Waals surface area (Å²) in [4.78, 5) is 21.9. The highest BCUT2D eigenvalue weighted by molar-refractivity contribution is 5.90. The maximum atomic E-state index is 11.8. The maximum absolute atomic E-state index is 11.8. The van der Waals surface area contributed by atoms with Gasteiger partial charge >= 0.3 is 0 Å². The average molecular weight is 249 g/mol. The first-order valence-corrected chi connectivity index (χ1v) is 6.20. The normalized spacial score (nSPS) is 24.1. The van der Waals surface area contributed by atoms with Crippen LogP contribution in [-0.2, 0) is 4.79 Å². The zero-order valence-electron chi connectivity index (χ0n) is 10.5. The molecule has 0 aromatic carbocycles. The molecule has 0 bridgehead atoms. The van der Waals surface area contributed by atoms with Crippen LogP contribution in [-0.4, -0.2) is 46.5 Å². The number of nitrogens with zero attached hydrogens (tertiary/aromatic N) is 3. The van der Waals surface area contributed by atoms with Gasteiger partial charge in [-0.3, -0.25) is 15.0 Å². The topological polar surface area (TPSA) is 84.1 Å². The van der Waals surface area contributed by atoms with Crippen molar-refractivity contribution in [2.24, 2.45) is 11.7 Å². The molecule has 0 radical (unpaired) electrons. The van der Waals surface area contributed by atoms with Crippen molar-refractivity contribution in [2.45, 2.75) is 19.4 Å².